The quantitative estimate of drug-likeness (QED) is 0.288. The average molecular weight is 444 g/mol. The maximum Gasteiger partial charge on any atom is 0.0642 e. The Morgan fingerprint density at radius 2 is 1.09 bits per heavy atom. The normalized spacial score (nSPS) is 14.5. The lowest BCUT2D eigenvalue weighted by atomic mass is 10.0. The van der Waals surface area contributed by atoms with Crippen molar-refractivity contribution in [2.24, 2.45) is 0 Å². The van der Waals surface area contributed by atoms with Gasteiger partial charge in [0.05, 0.1) is 13.2 Å². The van der Waals surface area contributed by atoms with Crippen LogP contribution in [0.3, 0.4) is 0 Å². The van der Waals surface area contributed by atoms with Crippen molar-refractivity contribution >= 4 is 11.8 Å². The van der Waals surface area contributed by atoms with Crippen LogP contribution in [0.5, 0.6) is 0 Å². The van der Waals surface area contributed by atoms with Crippen molar-refractivity contribution in [3.63, 3.8) is 0 Å². The molecule has 0 aromatic heterocycles. The summed E-state index contributed by atoms with van der Waals surface area (Å²) in [6.45, 7) is 3.35. The highest BCUT2D eigenvalue weighted by Crippen LogP contribution is 2.26. The number of allylic oxidation sites excluding steroid dienone is 2. The monoisotopic (exact) mass is 443 g/mol. The Labute approximate surface area is 202 Å². The smallest absolute Gasteiger partial charge is 0.0642 e. The summed E-state index contributed by atoms with van der Waals surface area (Å²) in [4.78, 5) is 2.42. The standard InChI is InChI=1S/C32H29NO/c1-3-9-27(10-4-1)29-16-14-26(15-17-29)8-7-13-32(33-22-24-34-25-23-33)31-20-18-30(19-21-31)28-11-5-2-6-12-28/h1-21H,22-25H2/b8-7+,32-13+. The zero-order valence-corrected chi connectivity index (χ0v) is 19.3. The van der Waals surface area contributed by atoms with E-state index >= 15 is 0 Å². The van der Waals surface area contributed by atoms with Crippen molar-refractivity contribution < 1.29 is 4.74 Å². The summed E-state index contributed by atoms with van der Waals surface area (Å²) in [6, 6.07) is 38.6. The molecule has 1 heterocycles. The van der Waals surface area contributed by atoms with E-state index in [9.17, 15) is 0 Å². The van der Waals surface area contributed by atoms with E-state index in [1.54, 1.807) is 0 Å². The molecule has 0 aliphatic carbocycles. The number of benzene rings is 4. The molecule has 1 aliphatic rings. The fraction of sp³-hybridized carbons (Fsp3) is 0.125. The van der Waals surface area contributed by atoms with Gasteiger partial charge in [-0.3, -0.25) is 0 Å². The molecule has 0 N–H and O–H groups in total. The largest absolute Gasteiger partial charge is 0.378 e. The van der Waals surface area contributed by atoms with Gasteiger partial charge < -0.3 is 9.64 Å². The van der Waals surface area contributed by atoms with Gasteiger partial charge in [0.1, 0.15) is 0 Å². The van der Waals surface area contributed by atoms with Crippen LogP contribution in [0.1, 0.15) is 11.1 Å². The van der Waals surface area contributed by atoms with Crippen molar-refractivity contribution in [3.05, 3.63) is 132 Å². The number of hydrogen-bond acceptors (Lipinski definition) is 2. The van der Waals surface area contributed by atoms with E-state index < -0.39 is 0 Å². The van der Waals surface area contributed by atoms with Crippen LogP contribution < -0.4 is 0 Å². The summed E-state index contributed by atoms with van der Waals surface area (Å²) >= 11 is 0. The third-order valence-electron chi connectivity index (χ3n) is 6.20. The Morgan fingerprint density at radius 3 is 1.65 bits per heavy atom. The molecular weight excluding hydrogens is 414 g/mol. The van der Waals surface area contributed by atoms with E-state index in [1.165, 1.54) is 39.1 Å². The molecule has 0 atom stereocenters. The Bertz CT molecular complexity index is 1230. The van der Waals surface area contributed by atoms with E-state index in [4.69, 9.17) is 4.74 Å². The molecule has 0 radical (unpaired) electrons. The molecule has 1 fully saturated rings. The van der Waals surface area contributed by atoms with Crippen LogP contribution >= 0.6 is 0 Å². The maximum absolute atomic E-state index is 5.60. The number of nitrogens with zero attached hydrogens (tertiary/aromatic N) is 1. The van der Waals surface area contributed by atoms with Gasteiger partial charge in [-0.2, -0.15) is 0 Å². The first-order chi connectivity index (χ1) is 16.9. The molecule has 0 saturated carbocycles. The zero-order valence-electron chi connectivity index (χ0n) is 19.3. The summed E-state index contributed by atoms with van der Waals surface area (Å²) in [5, 5.41) is 0. The van der Waals surface area contributed by atoms with Crippen LogP contribution in [0.4, 0.5) is 0 Å². The van der Waals surface area contributed by atoms with Gasteiger partial charge in [-0.25, -0.2) is 0 Å². The minimum atomic E-state index is 0.768. The van der Waals surface area contributed by atoms with E-state index in [0.717, 1.165) is 26.3 Å². The van der Waals surface area contributed by atoms with Gasteiger partial charge in [0.25, 0.3) is 0 Å². The molecule has 1 aliphatic heterocycles. The van der Waals surface area contributed by atoms with Crippen LogP contribution in [0, 0.1) is 0 Å². The molecule has 0 unspecified atom stereocenters. The van der Waals surface area contributed by atoms with Crippen LogP contribution in [0.25, 0.3) is 34.0 Å². The Balaban J connectivity index is 1.37. The predicted molar refractivity (Wildman–Crippen MR) is 143 cm³/mol. The highest BCUT2D eigenvalue weighted by molar-refractivity contribution is 5.72. The lowest BCUT2D eigenvalue weighted by molar-refractivity contribution is 0.0639. The first-order valence-corrected chi connectivity index (χ1v) is 11.9. The lowest BCUT2D eigenvalue weighted by Gasteiger charge is -2.31. The fourth-order valence-electron chi connectivity index (χ4n) is 4.32. The van der Waals surface area contributed by atoms with Gasteiger partial charge in [-0.1, -0.05) is 121 Å². The van der Waals surface area contributed by atoms with Crippen molar-refractivity contribution in [1.82, 2.24) is 4.90 Å². The summed E-state index contributed by atoms with van der Waals surface area (Å²) in [6.07, 6.45) is 6.56. The second-order valence-corrected chi connectivity index (χ2v) is 8.44. The number of rotatable bonds is 6. The molecule has 168 valence electrons. The SMILES string of the molecule is C(=C\c1ccc(-c2ccccc2)cc1)/C=C(\c1ccc(-c2ccccc2)cc1)N1CCOCC1. The first-order valence-electron chi connectivity index (χ1n) is 11.9. The summed E-state index contributed by atoms with van der Waals surface area (Å²) < 4.78 is 5.60. The van der Waals surface area contributed by atoms with Crippen molar-refractivity contribution in [1.29, 1.82) is 0 Å². The zero-order chi connectivity index (χ0) is 23.0. The van der Waals surface area contributed by atoms with Crippen LogP contribution in [-0.4, -0.2) is 31.2 Å². The molecule has 4 aromatic rings. The minimum absolute atomic E-state index is 0.768. The third-order valence-corrected chi connectivity index (χ3v) is 6.20. The van der Waals surface area contributed by atoms with Gasteiger partial charge in [0.15, 0.2) is 0 Å². The molecule has 1 saturated heterocycles. The maximum atomic E-state index is 5.60. The molecule has 2 heteroatoms. The highest BCUT2D eigenvalue weighted by Gasteiger charge is 2.15. The third kappa shape index (κ3) is 5.36. The molecule has 0 bridgehead atoms. The summed E-state index contributed by atoms with van der Waals surface area (Å²) in [7, 11) is 0. The van der Waals surface area contributed by atoms with E-state index in [-0.39, 0.29) is 0 Å². The van der Waals surface area contributed by atoms with Gasteiger partial charge in [-0.15, -0.1) is 0 Å². The van der Waals surface area contributed by atoms with Crippen molar-refractivity contribution in [3.8, 4) is 22.3 Å². The van der Waals surface area contributed by atoms with Crippen LogP contribution in [-0.2, 0) is 4.74 Å². The molecule has 4 aromatic carbocycles. The van der Waals surface area contributed by atoms with Gasteiger partial charge in [0.2, 0.25) is 0 Å². The lowest BCUT2D eigenvalue weighted by Crippen LogP contribution is -2.34. The minimum Gasteiger partial charge on any atom is -0.378 e. The van der Waals surface area contributed by atoms with Gasteiger partial charge >= 0.3 is 0 Å². The number of ether oxygens (including phenoxy) is 1. The average Bonchev–Trinajstić information content (AvgIpc) is 2.93. The van der Waals surface area contributed by atoms with Crippen molar-refractivity contribution in [2.75, 3.05) is 26.3 Å². The molecule has 0 spiro atoms. The Hall–Kier alpha value is -3.88. The van der Waals surface area contributed by atoms with Crippen molar-refractivity contribution in [2.45, 2.75) is 0 Å². The first kappa shape index (κ1) is 21.9. The highest BCUT2D eigenvalue weighted by atomic mass is 16.5. The molecule has 34 heavy (non-hydrogen) atoms. The summed E-state index contributed by atoms with van der Waals surface area (Å²) in [5.74, 6) is 0. The fourth-order valence-corrected chi connectivity index (χ4v) is 4.32. The van der Waals surface area contributed by atoms with Crippen LogP contribution in [0.2, 0.25) is 0 Å². The predicted octanol–water partition coefficient (Wildman–Crippen LogP) is 7.41. The second kappa shape index (κ2) is 10.8. The molecule has 2 nitrogen and oxygen atoms in total. The van der Waals surface area contributed by atoms with Crippen LogP contribution in [0.15, 0.2) is 121 Å². The van der Waals surface area contributed by atoms with Gasteiger partial charge in [0, 0.05) is 18.8 Å². The Morgan fingerprint density at radius 1 is 0.588 bits per heavy atom. The topological polar surface area (TPSA) is 12.5 Å². The molecule has 0 amide bonds. The Kier molecular flexibility index (Phi) is 6.99. The molecular formula is C32H29NO. The number of morpholine rings is 1. The van der Waals surface area contributed by atoms with E-state index in [0.29, 0.717) is 0 Å². The van der Waals surface area contributed by atoms with Gasteiger partial charge in [-0.05, 0) is 39.5 Å². The summed E-state index contributed by atoms with van der Waals surface area (Å²) in [5.41, 5.74) is 8.61. The second-order valence-electron chi connectivity index (χ2n) is 8.44. The van der Waals surface area contributed by atoms with E-state index in [1.807, 2.05) is 6.07 Å². The van der Waals surface area contributed by atoms with E-state index in [2.05, 4.69) is 126 Å². The number of hydrogen-bond donors (Lipinski definition) is 0. The molecule has 5 rings (SSSR count).